The summed E-state index contributed by atoms with van der Waals surface area (Å²) in [6.07, 6.45) is 2.89. The number of halogens is 1. The van der Waals surface area contributed by atoms with E-state index in [0.29, 0.717) is 13.2 Å². The molecule has 0 spiro atoms. The maximum atomic E-state index is 13.6. The number of rotatable bonds is 9. The van der Waals surface area contributed by atoms with Crippen molar-refractivity contribution in [3.05, 3.63) is 24.0 Å². The number of ether oxygens (including phenoxy) is 1. The van der Waals surface area contributed by atoms with Crippen molar-refractivity contribution in [2.75, 3.05) is 25.1 Å². The summed E-state index contributed by atoms with van der Waals surface area (Å²) in [6, 6.07) is 3.56. The van der Waals surface area contributed by atoms with Crippen molar-refractivity contribution < 1.29 is 17.5 Å². The molecule has 0 aliphatic heterocycles. The fourth-order valence-corrected chi connectivity index (χ4v) is 2.09. The fourth-order valence-electron chi connectivity index (χ4n) is 1.56. The quantitative estimate of drug-likeness (QED) is 0.684. The summed E-state index contributed by atoms with van der Waals surface area (Å²) in [7, 11) is -3.87. The van der Waals surface area contributed by atoms with Crippen LogP contribution in [0.25, 0.3) is 0 Å². The van der Waals surface area contributed by atoms with Crippen molar-refractivity contribution in [2.45, 2.75) is 31.1 Å². The van der Waals surface area contributed by atoms with Crippen LogP contribution in [0.2, 0.25) is 0 Å². The van der Waals surface area contributed by atoms with Crippen LogP contribution in [0.3, 0.4) is 0 Å². The SMILES string of the molecule is CCCCOCCCNc1ccc(S(N)(=O)=O)cc1F. The fraction of sp³-hybridized carbons (Fsp3) is 0.538. The Morgan fingerprint density at radius 3 is 2.60 bits per heavy atom. The van der Waals surface area contributed by atoms with Gasteiger partial charge in [-0.1, -0.05) is 13.3 Å². The second-order valence-electron chi connectivity index (χ2n) is 4.43. The molecule has 0 aliphatic carbocycles. The van der Waals surface area contributed by atoms with E-state index in [1.54, 1.807) is 0 Å². The van der Waals surface area contributed by atoms with Gasteiger partial charge >= 0.3 is 0 Å². The van der Waals surface area contributed by atoms with Gasteiger partial charge < -0.3 is 10.1 Å². The van der Waals surface area contributed by atoms with Crippen molar-refractivity contribution in [2.24, 2.45) is 5.14 Å². The highest BCUT2D eigenvalue weighted by molar-refractivity contribution is 7.89. The first-order valence-electron chi connectivity index (χ1n) is 6.59. The van der Waals surface area contributed by atoms with E-state index in [4.69, 9.17) is 9.88 Å². The Kier molecular flexibility index (Phi) is 6.90. The maximum Gasteiger partial charge on any atom is 0.238 e. The number of sulfonamides is 1. The van der Waals surface area contributed by atoms with E-state index in [0.717, 1.165) is 31.9 Å². The van der Waals surface area contributed by atoms with Crippen LogP contribution >= 0.6 is 0 Å². The summed E-state index contributed by atoms with van der Waals surface area (Å²) in [5.41, 5.74) is 0.256. The zero-order valence-electron chi connectivity index (χ0n) is 11.6. The predicted molar refractivity (Wildman–Crippen MR) is 76.6 cm³/mol. The molecule has 3 N–H and O–H groups in total. The second kappa shape index (κ2) is 8.18. The van der Waals surface area contributed by atoms with Gasteiger partial charge in [0.2, 0.25) is 10.0 Å². The van der Waals surface area contributed by atoms with E-state index < -0.39 is 15.8 Å². The van der Waals surface area contributed by atoms with Crippen molar-refractivity contribution in [1.82, 2.24) is 0 Å². The lowest BCUT2D eigenvalue weighted by molar-refractivity contribution is 0.131. The lowest BCUT2D eigenvalue weighted by Gasteiger charge is -2.09. The van der Waals surface area contributed by atoms with Gasteiger partial charge in [0.15, 0.2) is 0 Å². The zero-order valence-corrected chi connectivity index (χ0v) is 12.4. The Hall–Kier alpha value is -1.18. The maximum absolute atomic E-state index is 13.6. The number of nitrogens with two attached hydrogens (primary N) is 1. The Morgan fingerprint density at radius 2 is 2.00 bits per heavy atom. The van der Waals surface area contributed by atoms with E-state index in [-0.39, 0.29) is 10.6 Å². The third kappa shape index (κ3) is 5.85. The topological polar surface area (TPSA) is 81.4 Å². The minimum absolute atomic E-state index is 0.233. The molecule has 0 atom stereocenters. The molecule has 1 aromatic rings. The number of hydrogen-bond acceptors (Lipinski definition) is 4. The smallest absolute Gasteiger partial charge is 0.238 e. The molecule has 1 aromatic carbocycles. The van der Waals surface area contributed by atoms with Gasteiger partial charge in [-0.3, -0.25) is 0 Å². The Balaban J connectivity index is 2.38. The number of nitrogens with one attached hydrogen (secondary N) is 1. The van der Waals surface area contributed by atoms with Gasteiger partial charge in [-0.15, -0.1) is 0 Å². The average Bonchev–Trinajstić information content (AvgIpc) is 2.38. The van der Waals surface area contributed by atoms with Gasteiger partial charge in [0.25, 0.3) is 0 Å². The first kappa shape index (κ1) is 16.9. The Morgan fingerprint density at radius 1 is 1.30 bits per heavy atom. The summed E-state index contributed by atoms with van der Waals surface area (Å²) in [5.74, 6) is -0.636. The number of primary sulfonamides is 1. The molecule has 0 saturated heterocycles. The minimum atomic E-state index is -3.87. The summed E-state index contributed by atoms with van der Waals surface area (Å²) in [4.78, 5) is -0.233. The molecule has 0 bridgehead atoms. The van der Waals surface area contributed by atoms with Crippen LogP contribution in [0.15, 0.2) is 23.1 Å². The van der Waals surface area contributed by atoms with Gasteiger partial charge in [0.05, 0.1) is 10.6 Å². The largest absolute Gasteiger partial charge is 0.383 e. The number of unbranched alkanes of at least 4 members (excludes halogenated alkanes) is 1. The van der Waals surface area contributed by atoms with Crippen LogP contribution in [0.5, 0.6) is 0 Å². The van der Waals surface area contributed by atoms with E-state index in [2.05, 4.69) is 12.2 Å². The van der Waals surface area contributed by atoms with Crippen molar-refractivity contribution in [3.63, 3.8) is 0 Å². The Bertz CT molecular complexity index is 520. The standard InChI is InChI=1S/C13H21FN2O3S/c1-2-3-8-19-9-4-7-16-13-6-5-11(10-12(13)14)20(15,17)18/h5-6,10,16H,2-4,7-9H2,1H3,(H2,15,17,18). The van der Waals surface area contributed by atoms with Crippen LogP contribution in [0.4, 0.5) is 10.1 Å². The molecule has 0 unspecified atom stereocenters. The molecule has 7 heteroatoms. The molecule has 114 valence electrons. The van der Waals surface area contributed by atoms with E-state index in [1.165, 1.54) is 12.1 Å². The highest BCUT2D eigenvalue weighted by Crippen LogP contribution is 2.17. The monoisotopic (exact) mass is 304 g/mol. The van der Waals surface area contributed by atoms with Crippen LogP contribution < -0.4 is 10.5 Å². The molecular weight excluding hydrogens is 283 g/mol. The zero-order chi connectivity index (χ0) is 15.0. The summed E-state index contributed by atoms with van der Waals surface area (Å²) >= 11 is 0. The molecule has 0 radical (unpaired) electrons. The molecule has 0 amide bonds. The van der Waals surface area contributed by atoms with Gasteiger partial charge in [0, 0.05) is 19.8 Å². The van der Waals surface area contributed by atoms with Gasteiger partial charge in [-0.2, -0.15) is 0 Å². The van der Waals surface area contributed by atoms with Gasteiger partial charge in [-0.05, 0) is 31.0 Å². The minimum Gasteiger partial charge on any atom is -0.383 e. The highest BCUT2D eigenvalue weighted by atomic mass is 32.2. The molecular formula is C13H21FN2O3S. The Labute approximate surface area is 119 Å². The lowest BCUT2D eigenvalue weighted by Crippen LogP contribution is -2.13. The van der Waals surface area contributed by atoms with Crippen molar-refractivity contribution in [1.29, 1.82) is 0 Å². The number of anilines is 1. The number of benzene rings is 1. The molecule has 1 rings (SSSR count). The molecule has 0 aromatic heterocycles. The lowest BCUT2D eigenvalue weighted by atomic mass is 10.3. The van der Waals surface area contributed by atoms with Crippen LogP contribution in [-0.4, -0.2) is 28.2 Å². The average molecular weight is 304 g/mol. The highest BCUT2D eigenvalue weighted by Gasteiger charge is 2.11. The van der Waals surface area contributed by atoms with Crippen molar-refractivity contribution >= 4 is 15.7 Å². The third-order valence-corrected chi connectivity index (χ3v) is 3.60. The summed E-state index contributed by atoms with van der Waals surface area (Å²) in [6.45, 7) is 4.01. The summed E-state index contributed by atoms with van der Waals surface area (Å²) in [5, 5.41) is 7.82. The molecule has 0 saturated carbocycles. The van der Waals surface area contributed by atoms with Gasteiger partial charge in [-0.25, -0.2) is 17.9 Å². The van der Waals surface area contributed by atoms with Crippen LogP contribution in [0.1, 0.15) is 26.2 Å². The summed E-state index contributed by atoms with van der Waals surface area (Å²) < 4.78 is 41.1. The van der Waals surface area contributed by atoms with E-state index >= 15 is 0 Å². The molecule has 5 nitrogen and oxygen atoms in total. The first-order chi connectivity index (χ1) is 9.45. The van der Waals surface area contributed by atoms with Crippen molar-refractivity contribution in [3.8, 4) is 0 Å². The number of hydrogen-bond donors (Lipinski definition) is 2. The second-order valence-corrected chi connectivity index (χ2v) is 5.99. The molecule has 0 aliphatic rings. The first-order valence-corrected chi connectivity index (χ1v) is 8.13. The van der Waals surface area contributed by atoms with Gasteiger partial charge in [0.1, 0.15) is 5.82 Å². The molecule has 20 heavy (non-hydrogen) atoms. The van der Waals surface area contributed by atoms with E-state index in [9.17, 15) is 12.8 Å². The normalized spacial score (nSPS) is 11.6. The molecule has 0 fully saturated rings. The predicted octanol–water partition coefficient (Wildman–Crippen LogP) is 2.09. The molecule has 0 heterocycles. The van der Waals surface area contributed by atoms with Crippen LogP contribution in [0, 0.1) is 5.82 Å². The van der Waals surface area contributed by atoms with E-state index in [1.807, 2.05) is 0 Å². The third-order valence-electron chi connectivity index (χ3n) is 2.69. The van der Waals surface area contributed by atoms with Crippen LogP contribution in [-0.2, 0) is 14.8 Å².